The predicted octanol–water partition coefficient (Wildman–Crippen LogP) is -0.00970. The van der Waals surface area contributed by atoms with Gasteiger partial charge in [0.05, 0.1) is 17.4 Å². The molecule has 2 rings (SSSR count). The third-order valence-electron chi connectivity index (χ3n) is 3.46. The lowest BCUT2D eigenvalue weighted by Crippen LogP contribution is -2.41. The minimum atomic E-state index is -3.20. The summed E-state index contributed by atoms with van der Waals surface area (Å²) in [5.41, 5.74) is 0.869. The smallest absolute Gasteiger partial charge is 0.321 e. The summed E-state index contributed by atoms with van der Waals surface area (Å²) in [4.78, 5) is 34.8. The van der Waals surface area contributed by atoms with E-state index in [0.717, 1.165) is 5.56 Å². The summed E-state index contributed by atoms with van der Waals surface area (Å²) >= 11 is 0. The molecule has 1 fully saturated rings. The molecule has 1 atom stereocenters. The van der Waals surface area contributed by atoms with E-state index in [4.69, 9.17) is 4.74 Å². The molecule has 0 bridgehead atoms. The molecule has 0 radical (unpaired) electrons. The lowest BCUT2D eigenvalue weighted by molar-refractivity contribution is -0.151. The highest BCUT2D eigenvalue weighted by Crippen LogP contribution is 2.19. The minimum Gasteiger partial charge on any atom is -0.455 e. The predicted molar refractivity (Wildman–Crippen MR) is 84.5 cm³/mol. The number of imide groups is 1. The molecule has 24 heavy (non-hydrogen) atoms. The number of carbonyl (C=O) groups excluding carboxylic acids is 3. The first kappa shape index (κ1) is 17.9. The van der Waals surface area contributed by atoms with Crippen LogP contribution in [0.2, 0.25) is 0 Å². The van der Waals surface area contributed by atoms with Crippen LogP contribution in [0, 0.1) is 5.92 Å². The number of carbonyl (C=O) groups is 3. The Bertz CT molecular complexity index is 717. The number of urea groups is 1. The fourth-order valence-electron chi connectivity index (χ4n) is 2.22. The molecule has 2 N–H and O–H groups in total. The van der Waals surface area contributed by atoms with Crippen LogP contribution < -0.4 is 10.6 Å². The van der Waals surface area contributed by atoms with E-state index >= 15 is 0 Å². The Morgan fingerprint density at radius 1 is 1.17 bits per heavy atom. The third-order valence-corrected chi connectivity index (χ3v) is 5.23. The van der Waals surface area contributed by atoms with Crippen LogP contribution in [0.25, 0.3) is 0 Å². The zero-order valence-electron chi connectivity index (χ0n) is 12.9. The summed E-state index contributed by atoms with van der Waals surface area (Å²) in [5.74, 6) is -2.58. The second kappa shape index (κ2) is 7.91. The molecule has 1 heterocycles. The Kier molecular flexibility index (Phi) is 5.91. The zero-order valence-corrected chi connectivity index (χ0v) is 13.7. The normalized spacial score (nSPS) is 18.6. The molecule has 1 aliphatic rings. The molecule has 1 aromatic carbocycles. The number of benzene rings is 1. The molecular weight excluding hydrogens is 336 g/mol. The summed E-state index contributed by atoms with van der Waals surface area (Å²) in [6.07, 6.45) is 0.195. The van der Waals surface area contributed by atoms with Gasteiger partial charge < -0.3 is 10.1 Å². The van der Waals surface area contributed by atoms with Crippen LogP contribution in [-0.4, -0.2) is 44.4 Å². The van der Waals surface area contributed by atoms with Crippen LogP contribution in [-0.2, 0) is 30.7 Å². The molecule has 0 saturated carbocycles. The maximum Gasteiger partial charge on any atom is 0.321 e. The summed E-state index contributed by atoms with van der Waals surface area (Å²) < 4.78 is 27.3. The molecule has 3 amide bonds. The standard InChI is InChI=1S/C15H18N2O6S/c18-13(9-23-14(19)12-6-7-24(21,22)10-12)17-15(20)16-8-11-4-2-1-3-5-11/h1-5,12H,6-10H2,(H2,16,17,18,20). The van der Waals surface area contributed by atoms with Crippen LogP contribution in [0.3, 0.4) is 0 Å². The Morgan fingerprint density at radius 2 is 1.88 bits per heavy atom. The van der Waals surface area contributed by atoms with E-state index in [0.29, 0.717) is 0 Å². The first-order valence-electron chi connectivity index (χ1n) is 7.34. The van der Waals surface area contributed by atoms with Gasteiger partial charge in [0, 0.05) is 6.54 Å². The molecule has 1 aromatic rings. The van der Waals surface area contributed by atoms with Gasteiger partial charge in [0.2, 0.25) is 0 Å². The van der Waals surface area contributed by atoms with Crippen molar-refractivity contribution in [3.05, 3.63) is 35.9 Å². The fourth-order valence-corrected chi connectivity index (χ4v) is 3.95. The lowest BCUT2D eigenvalue weighted by Gasteiger charge is -2.09. The van der Waals surface area contributed by atoms with Gasteiger partial charge in [0.25, 0.3) is 5.91 Å². The first-order valence-corrected chi connectivity index (χ1v) is 9.16. The molecule has 9 heteroatoms. The highest BCUT2D eigenvalue weighted by Gasteiger charge is 2.34. The molecule has 0 spiro atoms. The van der Waals surface area contributed by atoms with E-state index < -0.39 is 40.3 Å². The van der Waals surface area contributed by atoms with Crippen molar-refractivity contribution in [2.24, 2.45) is 5.92 Å². The topological polar surface area (TPSA) is 119 Å². The van der Waals surface area contributed by atoms with E-state index in [1.165, 1.54) is 0 Å². The van der Waals surface area contributed by atoms with E-state index in [1.54, 1.807) is 0 Å². The molecule has 8 nitrogen and oxygen atoms in total. The highest BCUT2D eigenvalue weighted by atomic mass is 32.2. The number of rotatable bonds is 5. The Hall–Kier alpha value is -2.42. The molecule has 0 aromatic heterocycles. The Labute approximate surface area is 139 Å². The average Bonchev–Trinajstić information content (AvgIpc) is 2.92. The van der Waals surface area contributed by atoms with Gasteiger partial charge in [-0.25, -0.2) is 13.2 Å². The second-order valence-corrected chi connectivity index (χ2v) is 7.65. The second-order valence-electron chi connectivity index (χ2n) is 5.42. The number of amides is 3. The van der Waals surface area contributed by atoms with Crippen molar-refractivity contribution in [3.8, 4) is 0 Å². The van der Waals surface area contributed by atoms with Crippen molar-refractivity contribution in [1.82, 2.24) is 10.6 Å². The maximum atomic E-state index is 11.7. The van der Waals surface area contributed by atoms with E-state index in [1.807, 2.05) is 35.6 Å². The number of hydrogen-bond donors (Lipinski definition) is 2. The van der Waals surface area contributed by atoms with Gasteiger partial charge in [-0.15, -0.1) is 0 Å². The van der Waals surface area contributed by atoms with E-state index in [9.17, 15) is 22.8 Å². The molecule has 130 valence electrons. The van der Waals surface area contributed by atoms with Crippen molar-refractivity contribution in [2.45, 2.75) is 13.0 Å². The number of sulfone groups is 1. The maximum absolute atomic E-state index is 11.7. The monoisotopic (exact) mass is 354 g/mol. The van der Waals surface area contributed by atoms with Crippen molar-refractivity contribution >= 4 is 27.7 Å². The number of esters is 1. The first-order chi connectivity index (χ1) is 11.4. The molecule has 1 aliphatic heterocycles. The van der Waals surface area contributed by atoms with Crippen LogP contribution in [0.5, 0.6) is 0 Å². The third kappa shape index (κ3) is 5.65. The van der Waals surface area contributed by atoms with Crippen LogP contribution >= 0.6 is 0 Å². The summed E-state index contributed by atoms with van der Waals surface area (Å²) in [6, 6.07) is 8.42. The van der Waals surface area contributed by atoms with Gasteiger partial charge in [-0.3, -0.25) is 14.9 Å². The van der Waals surface area contributed by atoms with E-state index in [-0.39, 0.29) is 24.5 Å². The number of nitrogens with one attached hydrogen (secondary N) is 2. The summed E-state index contributed by atoms with van der Waals surface area (Å²) in [7, 11) is -3.20. The van der Waals surface area contributed by atoms with Gasteiger partial charge in [-0.05, 0) is 12.0 Å². The minimum absolute atomic E-state index is 0.0547. The molecule has 1 saturated heterocycles. The van der Waals surface area contributed by atoms with Crippen LogP contribution in [0.1, 0.15) is 12.0 Å². The molecule has 1 unspecified atom stereocenters. The molecular formula is C15H18N2O6S. The Morgan fingerprint density at radius 3 is 2.50 bits per heavy atom. The quantitative estimate of drug-likeness (QED) is 0.718. The number of ether oxygens (including phenoxy) is 1. The zero-order chi connectivity index (χ0) is 17.6. The van der Waals surface area contributed by atoms with Crippen LogP contribution in [0.4, 0.5) is 4.79 Å². The summed E-state index contributed by atoms with van der Waals surface area (Å²) in [5, 5.41) is 4.52. The number of hydrogen-bond acceptors (Lipinski definition) is 6. The van der Waals surface area contributed by atoms with Crippen molar-refractivity contribution < 1.29 is 27.5 Å². The van der Waals surface area contributed by atoms with Gasteiger partial charge in [-0.1, -0.05) is 30.3 Å². The van der Waals surface area contributed by atoms with Gasteiger partial charge in [0.1, 0.15) is 0 Å². The van der Waals surface area contributed by atoms with Gasteiger partial charge in [0.15, 0.2) is 16.4 Å². The highest BCUT2D eigenvalue weighted by molar-refractivity contribution is 7.91. The SMILES string of the molecule is O=C(COC(=O)C1CCS(=O)(=O)C1)NC(=O)NCc1ccccc1. The fraction of sp³-hybridized carbons (Fsp3) is 0.400. The van der Waals surface area contributed by atoms with Crippen molar-refractivity contribution in [1.29, 1.82) is 0 Å². The van der Waals surface area contributed by atoms with E-state index in [2.05, 4.69) is 5.32 Å². The average molecular weight is 354 g/mol. The summed E-state index contributed by atoms with van der Waals surface area (Å²) in [6.45, 7) is -0.381. The van der Waals surface area contributed by atoms with Crippen molar-refractivity contribution in [3.63, 3.8) is 0 Å². The lowest BCUT2D eigenvalue weighted by atomic mass is 10.1. The Balaban J connectivity index is 1.67. The molecule has 0 aliphatic carbocycles. The van der Waals surface area contributed by atoms with Gasteiger partial charge >= 0.3 is 12.0 Å². The van der Waals surface area contributed by atoms with Crippen molar-refractivity contribution in [2.75, 3.05) is 18.1 Å². The largest absolute Gasteiger partial charge is 0.455 e. The van der Waals surface area contributed by atoms with Gasteiger partial charge in [-0.2, -0.15) is 0 Å². The van der Waals surface area contributed by atoms with Crippen LogP contribution in [0.15, 0.2) is 30.3 Å².